The SMILES string of the molecule is Clc1ccc(N2[C]N(CN3[C]N(c4ccc(Cl)cc4)C=C3)C=C2)cc1.[Br][Pt][Br]. The van der Waals surface area contributed by atoms with Crippen molar-refractivity contribution in [3.8, 4) is 0 Å². The van der Waals surface area contributed by atoms with Crippen LogP contribution in [-0.4, -0.2) is 16.5 Å². The Labute approximate surface area is 197 Å². The van der Waals surface area contributed by atoms with Gasteiger partial charge >= 0.3 is 41.0 Å². The first kappa shape index (κ1) is 22.0. The topological polar surface area (TPSA) is 13.0 Å². The zero-order chi connectivity index (χ0) is 19.9. The molecular weight excluding hydrogens is 710 g/mol. The molecule has 28 heavy (non-hydrogen) atoms. The molecule has 0 N–H and O–H groups in total. The summed E-state index contributed by atoms with van der Waals surface area (Å²) in [7, 11) is 0. The molecule has 0 aliphatic carbocycles. The van der Waals surface area contributed by atoms with Crippen LogP contribution in [-0.2, 0) is 14.5 Å². The number of hydrogen-bond donors (Lipinski definition) is 0. The number of anilines is 2. The van der Waals surface area contributed by atoms with E-state index in [-0.39, 0.29) is 14.5 Å². The van der Waals surface area contributed by atoms with Crippen LogP contribution in [0.3, 0.4) is 0 Å². The van der Waals surface area contributed by atoms with Gasteiger partial charge in [-0.15, -0.1) is 0 Å². The second-order valence-corrected chi connectivity index (χ2v) is 16.4. The predicted molar refractivity (Wildman–Crippen MR) is 119 cm³/mol. The van der Waals surface area contributed by atoms with Gasteiger partial charge in [-0.1, -0.05) is 23.2 Å². The van der Waals surface area contributed by atoms with Crippen LogP contribution in [0.2, 0.25) is 10.0 Å². The van der Waals surface area contributed by atoms with Gasteiger partial charge in [-0.25, -0.2) is 0 Å². The first-order valence-corrected chi connectivity index (χ1v) is 18.6. The Morgan fingerprint density at radius 2 is 1.04 bits per heavy atom. The third-order valence-electron chi connectivity index (χ3n) is 3.78. The average Bonchev–Trinajstić information content (AvgIpc) is 3.34. The fourth-order valence-electron chi connectivity index (χ4n) is 2.52. The first-order valence-electron chi connectivity index (χ1n) is 7.93. The van der Waals surface area contributed by atoms with Crippen molar-refractivity contribution in [3.05, 3.63) is 96.7 Å². The molecule has 0 unspecified atom stereocenters. The van der Waals surface area contributed by atoms with Crippen molar-refractivity contribution in [1.29, 1.82) is 0 Å². The Morgan fingerprint density at radius 1 is 0.679 bits per heavy atom. The van der Waals surface area contributed by atoms with Gasteiger partial charge in [0, 0.05) is 46.2 Å². The van der Waals surface area contributed by atoms with Gasteiger partial charge in [0.25, 0.3) is 0 Å². The molecule has 148 valence electrons. The summed E-state index contributed by atoms with van der Waals surface area (Å²) in [5, 5.41) is 1.44. The number of benzene rings is 2. The predicted octanol–water partition coefficient (Wildman–Crippen LogP) is 6.52. The number of hydrogen-bond acceptors (Lipinski definition) is 4. The van der Waals surface area contributed by atoms with E-state index in [4.69, 9.17) is 23.2 Å². The Balaban J connectivity index is 0.000000706. The molecule has 2 aromatic carbocycles. The zero-order valence-electron chi connectivity index (χ0n) is 14.3. The molecule has 2 aliphatic rings. The normalized spacial score (nSPS) is 15.4. The van der Waals surface area contributed by atoms with E-state index in [0.29, 0.717) is 6.67 Å². The van der Waals surface area contributed by atoms with Gasteiger partial charge in [0.05, 0.1) is 6.67 Å². The zero-order valence-corrected chi connectivity index (χ0v) is 21.2. The van der Waals surface area contributed by atoms with E-state index in [9.17, 15) is 0 Å². The van der Waals surface area contributed by atoms with Gasteiger partial charge in [-0.2, -0.15) is 0 Å². The molecular formula is C19H14Br2Cl2N4Pt. The van der Waals surface area contributed by atoms with Gasteiger partial charge in [0.1, 0.15) is 0 Å². The summed E-state index contributed by atoms with van der Waals surface area (Å²) in [6.45, 7) is 7.17. The van der Waals surface area contributed by atoms with Gasteiger partial charge < -0.3 is 19.6 Å². The average molecular weight is 724 g/mol. The van der Waals surface area contributed by atoms with E-state index < -0.39 is 0 Å². The fourth-order valence-corrected chi connectivity index (χ4v) is 2.77. The molecule has 0 aromatic heterocycles. The van der Waals surface area contributed by atoms with Gasteiger partial charge in [-0.05, 0) is 48.5 Å². The fraction of sp³-hybridized carbons (Fsp3) is 0.0526. The summed E-state index contributed by atoms with van der Waals surface area (Å²) in [6, 6.07) is 15.3. The second kappa shape index (κ2) is 10.9. The molecule has 0 spiro atoms. The van der Waals surface area contributed by atoms with Gasteiger partial charge in [0.15, 0.2) is 0 Å². The Morgan fingerprint density at radius 3 is 1.39 bits per heavy atom. The molecule has 4 radical (unpaired) electrons. The summed E-state index contributed by atoms with van der Waals surface area (Å²) < 4.78 is 0. The van der Waals surface area contributed by atoms with Crippen LogP contribution >= 0.6 is 49.8 Å². The molecule has 0 bridgehead atoms. The third-order valence-corrected chi connectivity index (χ3v) is 4.28. The summed E-state index contributed by atoms with van der Waals surface area (Å²) in [5.41, 5.74) is 2.02. The van der Waals surface area contributed by atoms with Crippen molar-refractivity contribution in [2.75, 3.05) is 16.5 Å². The second-order valence-electron chi connectivity index (χ2n) is 5.62. The summed E-state index contributed by atoms with van der Waals surface area (Å²) in [6.07, 6.45) is 7.85. The van der Waals surface area contributed by atoms with E-state index in [1.165, 1.54) is 0 Å². The van der Waals surface area contributed by atoms with Crippen molar-refractivity contribution in [3.63, 3.8) is 0 Å². The molecule has 0 saturated carbocycles. The standard InChI is InChI=1S/C19H14Cl2N4.2BrH.Pt/c20-16-1-5-18(6-2-16)24-11-9-22(14-24)13-23-10-12-25(15-23)19-7-3-17(21)4-8-19;;;/h1-12H,13H2;2*1H;/q;;;+2/p-2. The molecule has 2 aliphatic heterocycles. The molecule has 0 saturated heterocycles. The Kier molecular flexibility index (Phi) is 8.61. The molecule has 4 rings (SSSR count). The quantitative estimate of drug-likeness (QED) is 0.357. The van der Waals surface area contributed by atoms with Crippen molar-refractivity contribution >= 4 is 61.2 Å². The maximum atomic E-state index is 5.93. The van der Waals surface area contributed by atoms with Crippen LogP contribution in [0.1, 0.15) is 0 Å². The third kappa shape index (κ3) is 6.17. The van der Waals surface area contributed by atoms with Gasteiger partial charge in [-0.3, -0.25) is 0 Å². The van der Waals surface area contributed by atoms with Crippen molar-refractivity contribution in [1.82, 2.24) is 9.80 Å². The van der Waals surface area contributed by atoms with E-state index in [1.54, 1.807) is 0 Å². The molecule has 9 heteroatoms. The Bertz CT molecular complexity index is 750. The summed E-state index contributed by atoms with van der Waals surface area (Å²) in [4.78, 5) is 7.76. The molecule has 0 amide bonds. The monoisotopic (exact) mass is 721 g/mol. The van der Waals surface area contributed by atoms with Crippen LogP contribution in [0, 0.1) is 13.3 Å². The van der Waals surface area contributed by atoms with E-state index in [1.807, 2.05) is 92.9 Å². The van der Waals surface area contributed by atoms with E-state index in [0.717, 1.165) is 21.4 Å². The van der Waals surface area contributed by atoms with Crippen LogP contribution < -0.4 is 9.80 Å². The van der Waals surface area contributed by atoms with Crippen LogP contribution in [0.25, 0.3) is 0 Å². The molecule has 0 fully saturated rings. The molecule has 4 nitrogen and oxygen atoms in total. The van der Waals surface area contributed by atoms with Crippen molar-refractivity contribution in [2.45, 2.75) is 0 Å². The summed E-state index contributed by atoms with van der Waals surface area (Å²) in [5.74, 6) is 0. The molecule has 2 aromatic rings. The Hall–Kier alpha value is -0.652. The van der Waals surface area contributed by atoms with E-state index in [2.05, 4.69) is 39.9 Å². The van der Waals surface area contributed by atoms with E-state index >= 15 is 0 Å². The van der Waals surface area contributed by atoms with Crippen molar-refractivity contribution in [2.24, 2.45) is 0 Å². The summed E-state index contributed by atoms with van der Waals surface area (Å²) >= 11 is 18.4. The van der Waals surface area contributed by atoms with Crippen LogP contribution in [0.5, 0.6) is 0 Å². The minimum absolute atomic E-state index is 0.208. The molecule has 2 heterocycles. The minimum atomic E-state index is 0.208. The van der Waals surface area contributed by atoms with Crippen molar-refractivity contribution < 1.29 is 14.5 Å². The van der Waals surface area contributed by atoms with Gasteiger partial charge in [0.2, 0.25) is 13.3 Å². The molecule has 0 atom stereocenters. The maximum absolute atomic E-state index is 5.93. The number of rotatable bonds is 4. The van der Waals surface area contributed by atoms with Crippen LogP contribution in [0.4, 0.5) is 11.4 Å². The first-order chi connectivity index (χ1) is 13.6. The van der Waals surface area contributed by atoms with Crippen LogP contribution in [0.15, 0.2) is 73.3 Å². The number of halogens is 4. The number of nitrogens with zero attached hydrogens (tertiary/aromatic N) is 4.